The average molecular weight is 311 g/mol. The second-order valence-electron chi connectivity index (χ2n) is 3.51. The van der Waals surface area contributed by atoms with Crippen molar-refractivity contribution in [3.63, 3.8) is 0 Å². The minimum atomic E-state index is -4.66. The number of hydrogen-bond acceptors (Lipinski definition) is 7. The molecule has 1 rings (SSSR count). The average Bonchev–Trinajstić information content (AvgIpc) is 2.26. The van der Waals surface area contributed by atoms with E-state index >= 15 is 0 Å². The van der Waals surface area contributed by atoms with Gasteiger partial charge in [0.15, 0.2) is 9.84 Å². The van der Waals surface area contributed by atoms with Gasteiger partial charge in [0.05, 0.1) is 24.4 Å². The van der Waals surface area contributed by atoms with E-state index in [4.69, 9.17) is 15.0 Å². The van der Waals surface area contributed by atoms with Crippen LogP contribution in [0.1, 0.15) is 0 Å². The van der Waals surface area contributed by atoms with Gasteiger partial charge in [0.25, 0.3) is 0 Å². The molecule has 0 aliphatic heterocycles. The molecule has 0 spiro atoms. The van der Waals surface area contributed by atoms with Crippen LogP contribution < -0.4 is 10.5 Å². The minimum absolute atomic E-state index is 0.122. The first-order chi connectivity index (χ1) is 8.64. The summed E-state index contributed by atoms with van der Waals surface area (Å²) in [4.78, 5) is -0.122. The van der Waals surface area contributed by atoms with Gasteiger partial charge in [-0.1, -0.05) is 0 Å². The first-order valence-corrected chi connectivity index (χ1v) is 7.95. The van der Waals surface area contributed by atoms with Crippen LogP contribution in [0.3, 0.4) is 0 Å². The van der Waals surface area contributed by atoms with Crippen molar-refractivity contribution in [2.45, 2.75) is 4.90 Å². The molecule has 0 atom stereocenters. The van der Waals surface area contributed by atoms with Crippen LogP contribution in [0, 0.1) is 0 Å². The first-order valence-electron chi connectivity index (χ1n) is 4.93. The highest BCUT2D eigenvalue weighted by Crippen LogP contribution is 2.22. The van der Waals surface area contributed by atoms with Crippen molar-refractivity contribution in [3.05, 3.63) is 18.2 Å². The van der Waals surface area contributed by atoms with Crippen molar-refractivity contribution in [3.8, 4) is 5.75 Å². The molecule has 0 unspecified atom stereocenters. The minimum Gasteiger partial charge on any atom is -0.497 e. The van der Waals surface area contributed by atoms with E-state index in [0.29, 0.717) is 0 Å². The maximum absolute atomic E-state index is 11.9. The molecule has 1 aromatic carbocycles. The van der Waals surface area contributed by atoms with Crippen molar-refractivity contribution < 1.29 is 30.3 Å². The number of anilines is 1. The molecule has 0 saturated carbocycles. The predicted molar refractivity (Wildman–Crippen MR) is 67.0 cm³/mol. The zero-order valence-electron chi connectivity index (χ0n) is 9.94. The maximum atomic E-state index is 11.9. The third kappa shape index (κ3) is 5.03. The Hall–Kier alpha value is -1.36. The Bertz CT molecular complexity index is 651. The Morgan fingerprint density at radius 1 is 1.21 bits per heavy atom. The quantitative estimate of drug-likeness (QED) is 0.548. The molecule has 19 heavy (non-hydrogen) atoms. The normalized spacial score (nSPS) is 12.3. The van der Waals surface area contributed by atoms with E-state index in [9.17, 15) is 16.8 Å². The monoisotopic (exact) mass is 311 g/mol. The fraction of sp³-hybridized carbons (Fsp3) is 0.333. The Balaban J connectivity index is 2.91. The fourth-order valence-corrected chi connectivity index (χ4v) is 2.81. The molecule has 10 heteroatoms. The second-order valence-corrected chi connectivity index (χ2v) is 6.71. The summed E-state index contributed by atoms with van der Waals surface area (Å²) in [6.07, 6.45) is 0. The molecule has 0 fully saturated rings. The molecule has 8 nitrogen and oxygen atoms in total. The molecule has 0 bridgehead atoms. The van der Waals surface area contributed by atoms with E-state index in [-0.39, 0.29) is 16.3 Å². The van der Waals surface area contributed by atoms with Crippen molar-refractivity contribution in [2.24, 2.45) is 0 Å². The van der Waals surface area contributed by atoms with Crippen LogP contribution in [0.15, 0.2) is 23.1 Å². The third-order valence-corrected chi connectivity index (χ3v) is 4.20. The highest BCUT2D eigenvalue weighted by atomic mass is 32.3. The van der Waals surface area contributed by atoms with Crippen LogP contribution in [-0.2, 0) is 24.4 Å². The molecule has 0 aliphatic carbocycles. The number of rotatable bonds is 6. The van der Waals surface area contributed by atoms with Gasteiger partial charge >= 0.3 is 10.4 Å². The number of sulfone groups is 1. The molecule has 0 saturated heterocycles. The molecule has 0 heterocycles. The Kier molecular flexibility index (Phi) is 4.74. The van der Waals surface area contributed by atoms with Crippen LogP contribution in [0.5, 0.6) is 5.75 Å². The van der Waals surface area contributed by atoms with Gasteiger partial charge in [0.2, 0.25) is 0 Å². The van der Waals surface area contributed by atoms with Crippen molar-refractivity contribution in [2.75, 3.05) is 25.2 Å². The molecular weight excluding hydrogens is 298 g/mol. The Labute approximate surface area is 111 Å². The maximum Gasteiger partial charge on any atom is 0.397 e. The summed E-state index contributed by atoms with van der Waals surface area (Å²) in [6.45, 7) is -0.696. The number of nitrogen functional groups attached to an aromatic ring is 1. The lowest BCUT2D eigenvalue weighted by Crippen LogP contribution is -2.15. The van der Waals surface area contributed by atoms with Gasteiger partial charge < -0.3 is 10.5 Å². The standard InChI is InChI=1S/C9H13NO7S2/c1-16-8-4-7(10)5-9(6-8)18(11,12)3-2-17-19(13,14)15/h4-6H,2-3,10H2,1H3,(H,13,14,15). The lowest BCUT2D eigenvalue weighted by Gasteiger charge is -2.07. The molecule has 0 radical (unpaired) electrons. The summed E-state index contributed by atoms with van der Waals surface area (Å²) < 4.78 is 61.5. The smallest absolute Gasteiger partial charge is 0.397 e. The molecule has 108 valence electrons. The van der Waals surface area contributed by atoms with E-state index < -0.39 is 32.6 Å². The van der Waals surface area contributed by atoms with Gasteiger partial charge in [-0.25, -0.2) is 12.6 Å². The van der Waals surface area contributed by atoms with Crippen LogP contribution in [-0.4, -0.2) is 40.9 Å². The van der Waals surface area contributed by atoms with Crippen molar-refractivity contribution in [1.29, 1.82) is 0 Å². The van der Waals surface area contributed by atoms with Gasteiger partial charge in [-0.05, 0) is 12.1 Å². The summed E-state index contributed by atoms with van der Waals surface area (Å²) in [5.41, 5.74) is 5.71. The van der Waals surface area contributed by atoms with E-state index in [1.807, 2.05) is 0 Å². The fourth-order valence-electron chi connectivity index (χ4n) is 1.26. The molecular formula is C9H13NO7S2. The van der Waals surface area contributed by atoms with Crippen molar-refractivity contribution >= 4 is 25.9 Å². The molecule has 1 aromatic rings. The summed E-state index contributed by atoms with van der Waals surface area (Å²) in [5.74, 6) is -0.367. The number of hydrogen-bond donors (Lipinski definition) is 2. The first kappa shape index (κ1) is 15.7. The lowest BCUT2D eigenvalue weighted by molar-refractivity contribution is 0.284. The SMILES string of the molecule is COc1cc(N)cc(S(=O)(=O)CCOS(=O)(=O)O)c1. The summed E-state index contributed by atoms with van der Waals surface area (Å²) >= 11 is 0. The van der Waals surface area contributed by atoms with Gasteiger partial charge in [0, 0.05) is 11.8 Å². The number of benzene rings is 1. The Morgan fingerprint density at radius 3 is 2.37 bits per heavy atom. The second kappa shape index (κ2) is 5.74. The van der Waals surface area contributed by atoms with Crippen LogP contribution in [0.2, 0.25) is 0 Å². The summed E-state index contributed by atoms with van der Waals surface area (Å²) in [6, 6.07) is 3.90. The zero-order chi connectivity index (χ0) is 14.7. The van der Waals surface area contributed by atoms with Crippen LogP contribution in [0.4, 0.5) is 5.69 Å². The molecule has 0 aromatic heterocycles. The number of ether oxygens (including phenoxy) is 1. The van der Waals surface area contributed by atoms with Gasteiger partial charge in [0.1, 0.15) is 5.75 Å². The van der Waals surface area contributed by atoms with Crippen LogP contribution >= 0.6 is 0 Å². The summed E-state index contributed by atoms with van der Waals surface area (Å²) in [5, 5.41) is 0. The Morgan fingerprint density at radius 2 is 1.84 bits per heavy atom. The van der Waals surface area contributed by atoms with E-state index in [0.717, 1.165) is 0 Å². The zero-order valence-corrected chi connectivity index (χ0v) is 11.6. The largest absolute Gasteiger partial charge is 0.497 e. The predicted octanol–water partition coefficient (Wildman–Crippen LogP) is -0.129. The van der Waals surface area contributed by atoms with Gasteiger partial charge in [-0.3, -0.25) is 4.55 Å². The molecule has 0 aliphatic rings. The highest BCUT2D eigenvalue weighted by Gasteiger charge is 2.18. The third-order valence-electron chi connectivity index (χ3n) is 2.08. The van der Waals surface area contributed by atoms with Gasteiger partial charge in [-0.2, -0.15) is 8.42 Å². The number of methoxy groups -OCH3 is 1. The van der Waals surface area contributed by atoms with E-state index in [2.05, 4.69) is 4.18 Å². The van der Waals surface area contributed by atoms with Crippen molar-refractivity contribution in [1.82, 2.24) is 0 Å². The highest BCUT2D eigenvalue weighted by molar-refractivity contribution is 7.91. The van der Waals surface area contributed by atoms with E-state index in [1.54, 1.807) is 0 Å². The lowest BCUT2D eigenvalue weighted by atomic mass is 10.3. The number of nitrogens with two attached hydrogens (primary N) is 1. The molecule has 3 N–H and O–H groups in total. The van der Waals surface area contributed by atoms with E-state index in [1.165, 1.54) is 25.3 Å². The summed E-state index contributed by atoms with van der Waals surface area (Å²) in [7, 11) is -7.11. The molecule has 0 amide bonds. The topological polar surface area (TPSA) is 133 Å². The van der Waals surface area contributed by atoms with Gasteiger partial charge in [-0.15, -0.1) is 0 Å². The van der Waals surface area contributed by atoms with Crippen LogP contribution in [0.25, 0.3) is 0 Å².